The summed E-state index contributed by atoms with van der Waals surface area (Å²) in [6.45, 7) is 1.67. The van der Waals surface area contributed by atoms with Gasteiger partial charge in [0.25, 0.3) is 0 Å². The zero-order valence-corrected chi connectivity index (χ0v) is 14.4. The topological polar surface area (TPSA) is 106 Å². The van der Waals surface area contributed by atoms with Crippen LogP contribution in [0.1, 0.15) is 13.3 Å². The van der Waals surface area contributed by atoms with Crippen LogP contribution in [0.4, 0.5) is 5.82 Å². The molecule has 7 nitrogen and oxygen atoms in total. The average Bonchev–Trinajstić information content (AvgIpc) is 2.73. The van der Waals surface area contributed by atoms with Crippen molar-refractivity contribution in [3.8, 4) is 0 Å². The van der Waals surface area contributed by atoms with Gasteiger partial charge < -0.3 is 5.32 Å². The number of benzene rings is 1. The van der Waals surface area contributed by atoms with E-state index in [1.54, 1.807) is 13.0 Å². The molecule has 0 amide bonds. The van der Waals surface area contributed by atoms with Crippen LogP contribution in [0.5, 0.6) is 0 Å². The van der Waals surface area contributed by atoms with Gasteiger partial charge in [-0.25, -0.2) is 26.8 Å². The van der Waals surface area contributed by atoms with Crippen LogP contribution in [-0.4, -0.2) is 50.1 Å². The third-order valence-corrected chi connectivity index (χ3v) is 7.58. The Hall–Kier alpha value is -1.74. The number of hydrogen-bond acceptors (Lipinski definition) is 7. The van der Waals surface area contributed by atoms with Gasteiger partial charge in [-0.1, -0.05) is 0 Å². The van der Waals surface area contributed by atoms with Gasteiger partial charge in [0.2, 0.25) is 0 Å². The minimum Gasteiger partial charge on any atom is -0.365 e. The second-order valence-electron chi connectivity index (χ2n) is 5.79. The van der Waals surface area contributed by atoms with Gasteiger partial charge >= 0.3 is 0 Å². The molecule has 3 rings (SSSR count). The van der Waals surface area contributed by atoms with Gasteiger partial charge in [-0.2, -0.15) is 0 Å². The van der Waals surface area contributed by atoms with Crippen LogP contribution in [0.15, 0.2) is 29.4 Å². The predicted molar refractivity (Wildman–Crippen MR) is 87.9 cm³/mol. The van der Waals surface area contributed by atoms with Crippen LogP contribution in [0.3, 0.4) is 0 Å². The van der Waals surface area contributed by atoms with E-state index < -0.39 is 24.9 Å². The molecule has 2 heterocycles. The van der Waals surface area contributed by atoms with Crippen molar-refractivity contribution in [1.82, 2.24) is 9.97 Å². The lowest BCUT2D eigenvalue weighted by Crippen LogP contribution is -2.30. The molecule has 1 fully saturated rings. The van der Waals surface area contributed by atoms with Crippen LogP contribution < -0.4 is 5.32 Å². The lowest BCUT2D eigenvalue weighted by atomic mass is 10.1. The molecule has 1 N–H and O–H groups in total. The molecule has 0 unspecified atom stereocenters. The highest BCUT2D eigenvalue weighted by Crippen LogP contribution is 2.27. The first-order chi connectivity index (χ1) is 10.7. The minimum absolute atomic E-state index is 0.142. The fourth-order valence-corrected chi connectivity index (χ4v) is 5.01. The molecule has 9 heteroatoms. The maximum Gasteiger partial charge on any atom is 0.175 e. The molecule has 0 saturated carbocycles. The molecule has 0 radical (unpaired) electrons. The van der Waals surface area contributed by atoms with Gasteiger partial charge in [0, 0.05) is 17.7 Å². The highest BCUT2D eigenvalue weighted by atomic mass is 32.2. The van der Waals surface area contributed by atoms with Crippen molar-refractivity contribution in [3.63, 3.8) is 0 Å². The lowest BCUT2D eigenvalue weighted by molar-refractivity contribution is 0.590. The Kier molecular flexibility index (Phi) is 3.80. The molecule has 1 aliphatic rings. The Morgan fingerprint density at radius 2 is 2.00 bits per heavy atom. The Bertz CT molecular complexity index is 971. The molecular weight excluding hydrogens is 338 g/mol. The highest BCUT2D eigenvalue weighted by molar-refractivity contribution is 7.92. The van der Waals surface area contributed by atoms with Crippen LogP contribution in [0.25, 0.3) is 10.9 Å². The number of nitrogens with one attached hydrogen (secondary N) is 1. The van der Waals surface area contributed by atoms with E-state index in [-0.39, 0.29) is 16.7 Å². The SMILES string of the molecule is C[C@@H]1[C@H](Nc2ncnc3ccc(S(C)(=O)=O)cc23)CCS1(=O)=O. The molecule has 1 aromatic heterocycles. The number of nitrogens with zero attached hydrogens (tertiary/aromatic N) is 2. The smallest absolute Gasteiger partial charge is 0.175 e. The summed E-state index contributed by atoms with van der Waals surface area (Å²) in [5, 5.41) is 3.20. The van der Waals surface area contributed by atoms with E-state index in [1.807, 2.05) is 0 Å². The Morgan fingerprint density at radius 1 is 1.26 bits per heavy atom. The van der Waals surface area contributed by atoms with Crippen LogP contribution in [0, 0.1) is 0 Å². The first-order valence-corrected chi connectivity index (χ1v) is 10.7. The van der Waals surface area contributed by atoms with Gasteiger partial charge in [0.15, 0.2) is 19.7 Å². The fraction of sp³-hybridized carbons (Fsp3) is 0.429. The quantitative estimate of drug-likeness (QED) is 0.876. The lowest BCUT2D eigenvalue weighted by Gasteiger charge is -2.18. The molecule has 0 spiro atoms. The van der Waals surface area contributed by atoms with Crippen molar-refractivity contribution < 1.29 is 16.8 Å². The predicted octanol–water partition coefficient (Wildman–Crippen LogP) is 1.02. The molecule has 1 aromatic carbocycles. The summed E-state index contributed by atoms with van der Waals surface area (Å²) in [4.78, 5) is 8.46. The molecule has 1 aliphatic heterocycles. The minimum atomic E-state index is -3.35. The van der Waals surface area contributed by atoms with Crippen LogP contribution in [-0.2, 0) is 19.7 Å². The second-order valence-corrected chi connectivity index (χ2v) is 10.3. The molecule has 1 saturated heterocycles. The van der Waals surface area contributed by atoms with E-state index in [0.717, 1.165) is 6.26 Å². The number of anilines is 1. The monoisotopic (exact) mass is 355 g/mol. The summed E-state index contributed by atoms with van der Waals surface area (Å²) in [5.74, 6) is 0.595. The summed E-state index contributed by atoms with van der Waals surface area (Å²) in [6.07, 6.45) is 3.01. The third kappa shape index (κ3) is 3.02. The van der Waals surface area contributed by atoms with E-state index in [9.17, 15) is 16.8 Å². The van der Waals surface area contributed by atoms with Crippen LogP contribution in [0.2, 0.25) is 0 Å². The van der Waals surface area contributed by atoms with Crippen molar-refractivity contribution in [2.75, 3.05) is 17.3 Å². The van der Waals surface area contributed by atoms with Crippen molar-refractivity contribution in [1.29, 1.82) is 0 Å². The normalized spacial score (nSPS) is 23.9. The summed E-state index contributed by atoms with van der Waals surface area (Å²) >= 11 is 0. The summed E-state index contributed by atoms with van der Waals surface area (Å²) in [5.41, 5.74) is 0.600. The molecular formula is C14H17N3O4S2. The third-order valence-electron chi connectivity index (χ3n) is 4.20. The van der Waals surface area contributed by atoms with Crippen molar-refractivity contribution in [3.05, 3.63) is 24.5 Å². The van der Waals surface area contributed by atoms with E-state index in [0.29, 0.717) is 23.1 Å². The van der Waals surface area contributed by atoms with Crippen molar-refractivity contribution >= 4 is 36.4 Å². The number of aromatic nitrogens is 2. The average molecular weight is 355 g/mol. The van der Waals surface area contributed by atoms with E-state index in [2.05, 4.69) is 15.3 Å². The van der Waals surface area contributed by atoms with Crippen LogP contribution >= 0.6 is 0 Å². The van der Waals surface area contributed by atoms with Gasteiger partial charge in [-0.3, -0.25) is 0 Å². The highest BCUT2D eigenvalue weighted by Gasteiger charge is 2.37. The Labute approximate surface area is 135 Å². The summed E-state index contributed by atoms with van der Waals surface area (Å²) < 4.78 is 47.2. The van der Waals surface area contributed by atoms with Gasteiger partial charge in [-0.15, -0.1) is 0 Å². The molecule has 0 bridgehead atoms. The number of rotatable bonds is 3. The summed E-state index contributed by atoms with van der Waals surface area (Å²) in [7, 11) is -6.43. The second kappa shape index (κ2) is 5.41. The van der Waals surface area contributed by atoms with Crippen molar-refractivity contribution in [2.45, 2.75) is 29.5 Å². The van der Waals surface area contributed by atoms with E-state index in [1.165, 1.54) is 18.5 Å². The maximum atomic E-state index is 11.9. The molecule has 2 atom stereocenters. The van der Waals surface area contributed by atoms with E-state index in [4.69, 9.17) is 0 Å². The van der Waals surface area contributed by atoms with Gasteiger partial charge in [-0.05, 0) is 31.5 Å². The first-order valence-electron chi connectivity index (χ1n) is 7.11. The summed E-state index contributed by atoms with van der Waals surface area (Å²) in [6, 6.07) is 4.38. The maximum absolute atomic E-state index is 11.9. The Balaban J connectivity index is 2.04. The molecule has 0 aliphatic carbocycles. The fourth-order valence-electron chi connectivity index (χ4n) is 2.71. The zero-order valence-electron chi connectivity index (χ0n) is 12.7. The molecule has 2 aromatic rings. The number of fused-ring (bicyclic) bond motifs is 1. The zero-order chi connectivity index (χ0) is 16.8. The van der Waals surface area contributed by atoms with Gasteiger partial charge in [0.1, 0.15) is 12.1 Å². The first kappa shape index (κ1) is 16.1. The molecule has 23 heavy (non-hydrogen) atoms. The van der Waals surface area contributed by atoms with Crippen molar-refractivity contribution in [2.24, 2.45) is 0 Å². The number of sulfone groups is 2. The standard InChI is InChI=1S/C14H17N3O4S2/c1-9-12(5-6-23(9,20)21)17-14-11-7-10(22(2,18)19)3-4-13(11)15-8-16-14/h3-4,7-9,12H,5-6H2,1-2H3,(H,15,16,17)/t9-,12-/m1/s1. The molecule has 124 valence electrons. The van der Waals surface area contributed by atoms with Gasteiger partial charge in [0.05, 0.1) is 21.4 Å². The number of hydrogen-bond donors (Lipinski definition) is 1. The largest absolute Gasteiger partial charge is 0.365 e. The van der Waals surface area contributed by atoms with E-state index >= 15 is 0 Å². The Morgan fingerprint density at radius 3 is 2.61 bits per heavy atom.